The molecule has 0 saturated carbocycles. The standard InChI is InChI=1S/C14H11BrN4OS/c15-9-4-5-10(16)12(7-9)21-8-13-18-14(19-20-13)11-3-1-2-6-17-11/h1-7H,8,16H2. The van der Waals surface area contributed by atoms with E-state index in [1.54, 1.807) is 18.0 Å². The van der Waals surface area contributed by atoms with Crippen molar-refractivity contribution in [3.8, 4) is 11.5 Å². The van der Waals surface area contributed by atoms with Gasteiger partial charge in [0.1, 0.15) is 5.69 Å². The van der Waals surface area contributed by atoms with E-state index in [4.69, 9.17) is 10.3 Å². The van der Waals surface area contributed by atoms with Crippen LogP contribution in [-0.4, -0.2) is 15.1 Å². The first kappa shape index (κ1) is 14.1. The van der Waals surface area contributed by atoms with E-state index >= 15 is 0 Å². The van der Waals surface area contributed by atoms with Gasteiger partial charge in [-0.05, 0) is 30.3 Å². The molecule has 3 rings (SSSR count). The van der Waals surface area contributed by atoms with Gasteiger partial charge in [0.15, 0.2) is 0 Å². The highest BCUT2D eigenvalue weighted by Crippen LogP contribution is 2.30. The summed E-state index contributed by atoms with van der Waals surface area (Å²) in [4.78, 5) is 9.50. The molecule has 0 fully saturated rings. The van der Waals surface area contributed by atoms with Gasteiger partial charge >= 0.3 is 0 Å². The van der Waals surface area contributed by atoms with E-state index in [9.17, 15) is 0 Å². The molecular weight excluding hydrogens is 352 g/mol. The van der Waals surface area contributed by atoms with Crippen LogP contribution in [0.25, 0.3) is 11.5 Å². The van der Waals surface area contributed by atoms with Crippen LogP contribution in [0.2, 0.25) is 0 Å². The smallest absolute Gasteiger partial charge is 0.237 e. The molecule has 21 heavy (non-hydrogen) atoms. The maximum atomic E-state index is 5.93. The second-order valence-corrected chi connectivity index (χ2v) is 6.13. The Morgan fingerprint density at radius 2 is 2.14 bits per heavy atom. The summed E-state index contributed by atoms with van der Waals surface area (Å²) in [5.41, 5.74) is 7.35. The molecule has 0 aliphatic rings. The van der Waals surface area contributed by atoms with Gasteiger partial charge in [0.25, 0.3) is 0 Å². The van der Waals surface area contributed by atoms with Crippen LogP contribution in [0, 0.1) is 0 Å². The number of hydrogen-bond donors (Lipinski definition) is 1. The average Bonchev–Trinajstić information content (AvgIpc) is 2.98. The number of hydrogen-bond acceptors (Lipinski definition) is 6. The summed E-state index contributed by atoms with van der Waals surface area (Å²) < 4.78 is 6.22. The summed E-state index contributed by atoms with van der Waals surface area (Å²) in [5, 5.41) is 3.94. The van der Waals surface area contributed by atoms with Crippen LogP contribution in [0.3, 0.4) is 0 Å². The Morgan fingerprint density at radius 1 is 1.24 bits per heavy atom. The van der Waals surface area contributed by atoms with Gasteiger partial charge in [0.2, 0.25) is 11.7 Å². The van der Waals surface area contributed by atoms with Gasteiger partial charge in [-0.2, -0.15) is 4.98 Å². The quantitative estimate of drug-likeness (QED) is 0.562. The Labute approximate surface area is 134 Å². The SMILES string of the molecule is Nc1ccc(Br)cc1SCc1nc(-c2ccccn2)no1. The Bertz CT molecular complexity index is 748. The topological polar surface area (TPSA) is 77.8 Å². The van der Waals surface area contributed by atoms with Gasteiger partial charge in [-0.15, -0.1) is 11.8 Å². The zero-order valence-electron chi connectivity index (χ0n) is 10.9. The second kappa shape index (κ2) is 6.28. The second-order valence-electron chi connectivity index (χ2n) is 4.20. The third-order valence-electron chi connectivity index (χ3n) is 2.69. The number of benzene rings is 1. The third-order valence-corrected chi connectivity index (χ3v) is 4.24. The van der Waals surface area contributed by atoms with Crippen molar-refractivity contribution in [3.63, 3.8) is 0 Å². The zero-order valence-corrected chi connectivity index (χ0v) is 13.3. The summed E-state index contributed by atoms with van der Waals surface area (Å²) in [7, 11) is 0. The highest BCUT2D eigenvalue weighted by molar-refractivity contribution is 9.10. The zero-order chi connectivity index (χ0) is 14.7. The molecule has 5 nitrogen and oxygen atoms in total. The van der Waals surface area contributed by atoms with Crippen LogP contribution >= 0.6 is 27.7 Å². The van der Waals surface area contributed by atoms with Crippen molar-refractivity contribution >= 4 is 33.4 Å². The molecule has 0 atom stereocenters. The molecule has 2 N–H and O–H groups in total. The van der Waals surface area contributed by atoms with E-state index in [-0.39, 0.29) is 0 Å². The van der Waals surface area contributed by atoms with Gasteiger partial charge < -0.3 is 10.3 Å². The van der Waals surface area contributed by atoms with Crippen molar-refractivity contribution in [2.45, 2.75) is 10.6 Å². The lowest BCUT2D eigenvalue weighted by Crippen LogP contribution is -1.89. The molecule has 0 radical (unpaired) electrons. The van der Waals surface area contributed by atoms with Gasteiger partial charge in [-0.25, -0.2) is 0 Å². The molecule has 2 heterocycles. The molecule has 3 aromatic rings. The molecule has 0 unspecified atom stereocenters. The molecule has 0 spiro atoms. The summed E-state index contributed by atoms with van der Waals surface area (Å²) in [6.07, 6.45) is 1.70. The molecule has 106 valence electrons. The molecule has 1 aromatic carbocycles. The van der Waals surface area contributed by atoms with Crippen LogP contribution in [0.15, 0.2) is 56.5 Å². The minimum absolute atomic E-state index is 0.494. The minimum atomic E-state index is 0.494. The summed E-state index contributed by atoms with van der Waals surface area (Å²) >= 11 is 4.98. The van der Waals surface area contributed by atoms with E-state index in [2.05, 4.69) is 31.1 Å². The van der Waals surface area contributed by atoms with Crippen LogP contribution < -0.4 is 5.73 Å². The first-order chi connectivity index (χ1) is 10.2. The maximum Gasteiger partial charge on any atom is 0.237 e. The van der Waals surface area contributed by atoms with Crippen LogP contribution in [0.5, 0.6) is 0 Å². The van der Waals surface area contributed by atoms with Crippen molar-refractivity contribution < 1.29 is 4.52 Å². The highest BCUT2D eigenvalue weighted by Gasteiger charge is 2.10. The maximum absolute atomic E-state index is 5.93. The van der Waals surface area contributed by atoms with Crippen molar-refractivity contribution in [1.29, 1.82) is 0 Å². The van der Waals surface area contributed by atoms with E-state index in [0.29, 0.717) is 23.2 Å². The van der Waals surface area contributed by atoms with Crippen LogP contribution in [-0.2, 0) is 5.75 Å². The summed E-state index contributed by atoms with van der Waals surface area (Å²) in [5.74, 6) is 1.59. The minimum Gasteiger partial charge on any atom is -0.398 e. The molecule has 0 saturated heterocycles. The van der Waals surface area contributed by atoms with Crippen molar-refractivity contribution in [1.82, 2.24) is 15.1 Å². The summed E-state index contributed by atoms with van der Waals surface area (Å²) in [6, 6.07) is 11.3. The molecule has 0 aliphatic heterocycles. The predicted molar refractivity (Wildman–Crippen MR) is 85.6 cm³/mol. The first-order valence-electron chi connectivity index (χ1n) is 6.14. The number of nitrogen functional groups attached to an aromatic ring is 1. The normalized spacial score (nSPS) is 10.7. The molecular formula is C14H11BrN4OS. The highest BCUT2D eigenvalue weighted by atomic mass is 79.9. The Kier molecular flexibility index (Phi) is 4.21. The molecule has 2 aromatic heterocycles. The third kappa shape index (κ3) is 3.43. The lowest BCUT2D eigenvalue weighted by molar-refractivity contribution is 0.391. The average molecular weight is 363 g/mol. The van der Waals surface area contributed by atoms with Gasteiger partial charge in [-0.3, -0.25) is 4.98 Å². The van der Waals surface area contributed by atoms with Crippen molar-refractivity contribution in [3.05, 3.63) is 53.0 Å². The fourth-order valence-electron chi connectivity index (χ4n) is 1.69. The Balaban J connectivity index is 1.72. The fourth-order valence-corrected chi connectivity index (χ4v) is 3.04. The number of anilines is 1. The summed E-state index contributed by atoms with van der Waals surface area (Å²) in [6.45, 7) is 0. The van der Waals surface area contributed by atoms with E-state index < -0.39 is 0 Å². The molecule has 0 aliphatic carbocycles. The number of thioether (sulfide) groups is 1. The van der Waals surface area contributed by atoms with Crippen LogP contribution in [0.1, 0.15) is 5.89 Å². The largest absolute Gasteiger partial charge is 0.398 e. The lowest BCUT2D eigenvalue weighted by Gasteiger charge is -2.03. The van der Waals surface area contributed by atoms with Crippen LogP contribution in [0.4, 0.5) is 5.69 Å². The Morgan fingerprint density at radius 3 is 2.95 bits per heavy atom. The number of rotatable bonds is 4. The van der Waals surface area contributed by atoms with E-state index in [1.165, 1.54) is 0 Å². The molecule has 0 bridgehead atoms. The monoisotopic (exact) mass is 362 g/mol. The lowest BCUT2D eigenvalue weighted by atomic mass is 10.3. The number of pyridine rings is 1. The molecule has 0 amide bonds. The number of halogens is 1. The van der Waals surface area contributed by atoms with Gasteiger partial charge in [-0.1, -0.05) is 27.2 Å². The van der Waals surface area contributed by atoms with E-state index in [1.807, 2.05) is 36.4 Å². The fraction of sp³-hybridized carbons (Fsp3) is 0.0714. The van der Waals surface area contributed by atoms with Gasteiger partial charge in [0, 0.05) is 21.3 Å². The van der Waals surface area contributed by atoms with Crippen molar-refractivity contribution in [2.75, 3.05) is 5.73 Å². The van der Waals surface area contributed by atoms with E-state index in [0.717, 1.165) is 15.1 Å². The van der Waals surface area contributed by atoms with Gasteiger partial charge in [0.05, 0.1) is 5.75 Å². The first-order valence-corrected chi connectivity index (χ1v) is 7.92. The Hall–Kier alpha value is -1.86. The predicted octanol–water partition coefficient (Wildman–Crippen LogP) is 3.77. The van der Waals surface area contributed by atoms with Crippen molar-refractivity contribution in [2.24, 2.45) is 0 Å². The number of nitrogens with two attached hydrogens (primary N) is 1. The molecule has 7 heteroatoms. The number of nitrogens with zero attached hydrogens (tertiary/aromatic N) is 3. The number of aromatic nitrogens is 3.